The van der Waals surface area contributed by atoms with Gasteiger partial charge in [0.15, 0.2) is 0 Å². The van der Waals surface area contributed by atoms with Gasteiger partial charge < -0.3 is 9.62 Å². The van der Waals surface area contributed by atoms with E-state index in [4.69, 9.17) is 0 Å². The van der Waals surface area contributed by atoms with E-state index in [0.717, 1.165) is 0 Å². The van der Waals surface area contributed by atoms with Crippen molar-refractivity contribution in [2.24, 2.45) is 0 Å². The van der Waals surface area contributed by atoms with Gasteiger partial charge in [0.05, 0.1) is 0 Å². The van der Waals surface area contributed by atoms with Crippen LogP contribution in [-0.2, 0) is 0 Å². The molecule has 0 fully saturated rings. The average molecular weight is 160 g/mol. The molecule has 0 aromatic rings. The van der Waals surface area contributed by atoms with Gasteiger partial charge in [0.25, 0.3) is 0 Å². The molecule has 0 bridgehead atoms. The maximum absolute atomic E-state index is 2.31. The highest BCUT2D eigenvalue weighted by Crippen LogP contribution is 2.30. The molecular formula is C6H18BN2P. The first-order valence-electron chi connectivity index (χ1n) is 3.46. The molecule has 0 heterocycles. The summed E-state index contributed by atoms with van der Waals surface area (Å²) >= 11 is 0. The summed E-state index contributed by atoms with van der Waals surface area (Å²) in [5.74, 6) is 0. The van der Waals surface area contributed by atoms with Crippen LogP contribution in [0.5, 0.6) is 0 Å². The molecule has 0 rings (SSSR count). The van der Waals surface area contributed by atoms with E-state index in [0.29, 0.717) is 6.70 Å². The summed E-state index contributed by atoms with van der Waals surface area (Å²) in [4.78, 5) is 4.54. The van der Waals surface area contributed by atoms with Crippen LogP contribution in [0.1, 0.15) is 0 Å². The van der Waals surface area contributed by atoms with Gasteiger partial charge in [-0.05, 0) is 41.5 Å². The van der Waals surface area contributed by atoms with Crippen LogP contribution < -0.4 is 0 Å². The second kappa shape index (κ2) is 4.33. The lowest BCUT2D eigenvalue weighted by Crippen LogP contribution is -2.43. The number of hydrogen-bond donors (Lipinski definition) is 0. The summed E-state index contributed by atoms with van der Waals surface area (Å²) < 4.78 is 0. The smallest absolute Gasteiger partial charge is 0.330 e. The zero-order valence-electron chi connectivity index (χ0n) is 7.92. The van der Waals surface area contributed by atoms with Crippen LogP contribution in [0.2, 0.25) is 0 Å². The van der Waals surface area contributed by atoms with Gasteiger partial charge in [0.1, 0.15) is 0 Å². The molecule has 0 amide bonds. The Bertz CT molecular complexity index is 76.7. The topological polar surface area (TPSA) is 6.48 Å². The third kappa shape index (κ3) is 3.00. The van der Waals surface area contributed by atoms with Gasteiger partial charge in [0.2, 0.25) is 0 Å². The number of nitrogens with zero attached hydrogens (tertiary/aromatic N) is 2. The summed E-state index contributed by atoms with van der Waals surface area (Å²) in [6.45, 7) is 5.23. The highest BCUT2D eigenvalue weighted by Gasteiger charge is 2.23. The van der Waals surface area contributed by atoms with E-state index >= 15 is 0 Å². The maximum atomic E-state index is 2.31. The zero-order chi connectivity index (χ0) is 8.31. The minimum Gasteiger partial charge on any atom is -0.330 e. The van der Waals surface area contributed by atoms with Crippen LogP contribution in [0.3, 0.4) is 0 Å². The van der Waals surface area contributed by atoms with Gasteiger partial charge in [-0.15, -0.1) is 7.80 Å². The first kappa shape index (κ1) is 10.4. The normalized spacial score (nSPS) is 11.7. The summed E-state index contributed by atoms with van der Waals surface area (Å²) in [7, 11) is 8.64. The first-order chi connectivity index (χ1) is 4.46. The monoisotopic (exact) mass is 160 g/mol. The molecule has 4 heteroatoms. The molecule has 0 atom stereocenters. The third-order valence-corrected chi connectivity index (χ3v) is 3.23. The Balaban J connectivity index is 3.98. The lowest BCUT2D eigenvalue weighted by Gasteiger charge is -2.29. The summed E-state index contributed by atoms with van der Waals surface area (Å²) in [5.41, 5.74) is 0. The Hall–Kier alpha value is 0.415. The molecule has 0 unspecified atom stereocenters. The van der Waals surface area contributed by atoms with Crippen LogP contribution >= 0.6 is 7.80 Å². The van der Waals surface area contributed by atoms with Crippen LogP contribution in [-0.4, -0.2) is 57.8 Å². The molecule has 0 N–H and O–H groups in total. The van der Waals surface area contributed by atoms with Crippen LogP contribution in [0.4, 0.5) is 0 Å². The molecule has 0 saturated heterocycles. The zero-order valence-corrected chi connectivity index (χ0v) is 8.81. The van der Waals surface area contributed by atoms with Gasteiger partial charge >= 0.3 is 6.70 Å². The van der Waals surface area contributed by atoms with Crippen molar-refractivity contribution in [3.8, 4) is 0 Å². The Morgan fingerprint density at radius 2 is 1.20 bits per heavy atom. The Labute approximate surface area is 66.4 Å². The van der Waals surface area contributed by atoms with Crippen molar-refractivity contribution in [3.63, 3.8) is 0 Å². The summed E-state index contributed by atoms with van der Waals surface area (Å²) in [5, 5.41) is 0. The molecule has 10 heavy (non-hydrogen) atoms. The lowest BCUT2D eigenvalue weighted by molar-refractivity contribution is 0.539. The second-order valence-electron chi connectivity index (χ2n) is 3.24. The number of rotatable bonds is 3. The van der Waals surface area contributed by atoms with Crippen LogP contribution in [0, 0.1) is 0 Å². The van der Waals surface area contributed by atoms with Crippen LogP contribution in [0.15, 0.2) is 0 Å². The molecule has 0 aliphatic rings. The standard InChI is InChI=1S/C6H18BN2P/c1-8(2)7(9(3)4)10(5)6/h1-6H3. The summed E-state index contributed by atoms with van der Waals surface area (Å²) in [6.07, 6.45) is 0. The SMILES string of the molecule is CN(C)B(N(C)C)P(C)C. The minimum absolute atomic E-state index is 0.109. The minimum atomic E-state index is 0.109. The molecule has 0 aromatic heterocycles. The second-order valence-corrected chi connectivity index (χ2v) is 5.63. The van der Waals surface area contributed by atoms with Gasteiger partial charge in [-0.1, -0.05) is 0 Å². The predicted octanol–water partition coefficient (Wildman–Crippen LogP) is 0.836. The fourth-order valence-corrected chi connectivity index (χ4v) is 3.23. The molecule has 0 saturated carbocycles. The first-order valence-corrected chi connectivity index (χ1v) is 5.76. The highest BCUT2D eigenvalue weighted by atomic mass is 31.1. The van der Waals surface area contributed by atoms with E-state index in [-0.39, 0.29) is 7.80 Å². The molecular weight excluding hydrogens is 142 g/mol. The highest BCUT2D eigenvalue weighted by molar-refractivity contribution is 7.88. The lowest BCUT2D eigenvalue weighted by atomic mass is 10.1. The maximum Gasteiger partial charge on any atom is 0.338 e. The Kier molecular flexibility index (Phi) is 4.50. The van der Waals surface area contributed by atoms with Gasteiger partial charge in [-0.2, -0.15) is 0 Å². The molecule has 2 nitrogen and oxygen atoms in total. The van der Waals surface area contributed by atoms with Crippen molar-refractivity contribution in [1.82, 2.24) is 9.62 Å². The van der Waals surface area contributed by atoms with Gasteiger partial charge in [-0.3, -0.25) is 0 Å². The Morgan fingerprint density at radius 1 is 0.900 bits per heavy atom. The molecule has 0 aromatic carbocycles. The van der Waals surface area contributed by atoms with Crippen molar-refractivity contribution in [2.45, 2.75) is 0 Å². The molecule has 0 radical (unpaired) electrons. The average Bonchev–Trinajstić information content (AvgIpc) is 1.59. The van der Waals surface area contributed by atoms with E-state index in [2.05, 4.69) is 51.1 Å². The van der Waals surface area contributed by atoms with Gasteiger partial charge in [-0.25, -0.2) is 0 Å². The number of hydrogen-bond acceptors (Lipinski definition) is 2. The quantitative estimate of drug-likeness (QED) is 0.445. The van der Waals surface area contributed by atoms with Crippen molar-refractivity contribution in [2.75, 3.05) is 41.5 Å². The van der Waals surface area contributed by atoms with Crippen molar-refractivity contribution in [3.05, 3.63) is 0 Å². The molecule has 0 aliphatic carbocycles. The van der Waals surface area contributed by atoms with E-state index in [1.165, 1.54) is 0 Å². The van der Waals surface area contributed by atoms with E-state index in [1.54, 1.807) is 0 Å². The molecule has 0 spiro atoms. The van der Waals surface area contributed by atoms with E-state index in [9.17, 15) is 0 Å². The van der Waals surface area contributed by atoms with Crippen molar-refractivity contribution >= 4 is 14.5 Å². The van der Waals surface area contributed by atoms with Crippen molar-refractivity contribution < 1.29 is 0 Å². The summed E-state index contributed by atoms with van der Waals surface area (Å²) in [6, 6.07) is 0. The third-order valence-electron chi connectivity index (χ3n) is 1.39. The largest absolute Gasteiger partial charge is 0.338 e. The van der Waals surface area contributed by atoms with Crippen molar-refractivity contribution in [1.29, 1.82) is 0 Å². The fourth-order valence-electron chi connectivity index (χ4n) is 1.39. The fraction of sp³-hybridized carbons (Fsp3) is 1.00. The van der Waals surface area contributed by atoms with E-state index in [1.807, 2.05) is 0 Å². The Morgan fingerprint density at radius 3 is 1.20 bits per heavy atom. The molecule has 60 valence electrons. The van der Waals surface area contributed by atoms with E-state index < -0.39 is 0 Å². The van der Waals surface area contributed by atoms with Crippen LogP contribution in [0.25, 0.3) is 0 Å². The predicted molar refractivity (Wildman–Crippen MR) is 51.9 cm³/mol. The molecule has 0 aliphatic heterocycles. The van der Waals surface area contributed by atoms with Gasteiger partial charge in [0, 0.05) is 0 Å².